The van der Waals surface area contributed by atoms with E-state index in [1.165, 1.54) is 11.3 Å². The Morgan fingerprint density at radius 1 is 1.00 bits per heavy atom. The van der Waals surface area contributed by atoms with E-state index in [1.54, 1.807) is 12.4 Å². The molecule has 3 rings (SSSR count). The molecule has 0 N–H and O–H groups in total. The monoisotopic (exact) mass is 254 g/mol. The van der Waals surface area contributed by atoms with Crippen LogP contribution in [0, 0.1) is 6.92 Å². The Morgan fingerprint density at radius 2 is 1.63 bits per heavy atom. The zero-order valence-electron chi connectivity index (χ0n) is 11.8. The highest BCUT2D eigenvalue weighted by molar-refractivity contribution is 5.80. The maximum Gasteiger partial charge on any atom is 0.178 e. The lowest BCUT2D eigenvalue weighted by atomic mass is 10.1. The zero-order valence-corrected chi connectivity index (χ0v) is 11.8. The molecule has 0 saturated carbocycles. The fraction of sp³-hybridized carbons (Fsp3) is 0.333. The van der Waals surface area contributed by atoms with E-state index < -0.39 is 0 Å². The van der Waals surface area contributed by atoms with Gasteiger partial charge < -0.3 is 4.90 Å². The average molecular weight is 254 g/mol. The molecule has 1 aliphatic heterocycles. The molecule has 4 heteroatoms. The number of para-hydroxylation sites is 1. The van der Waals surface area contributed by atoms with Crippen molar-refractivity contribution in [1.29, 1.82) is 0 Å². The highest BCUT2D eigenvalue weighted by atomic mass is 15.5. The fourth-order valence-electron chi connectivity index (χ4n) is 2.61. The molecular weight excluding hydrogens is 236 g/mol. The molecular formula is C15H18N4. The molecule has 0 spiro atoms. The molecule has 0 amide bonds. The third-order valence-corrected chi connectivity index (χ3v) is 3.91. The number of hydrogen-bond acceptors (Lipinski definition) is 4. The number of nitrogens with zero attached hydrogens (tertiary/aromatic N) is 4. The molecule has 0 aliphatic carbocycles. The van der Waals surface area contributed by atoms with Crippen LogP contribution < -0.4 is 9.80 Å². The van der Waals surface area contributed by atoms with Gasteiger partial charge in [-0.05, 0) is 32.4 Å². The van der Waals surface area contributed by atoms with Gasteiger partial charge in [-0.15, -0.1) is 0 Å². The number of rotatable bonds is 1. The second-order valence-corrected chi connectivity index (χ2v) is 5.38. The molecule has 19 heavy (non-hydrogen) atoms. The SMILES string of the molecule is Cc1ccccc1N1c2nccnc2N(C)C1(C)C. The van der Waals surface area contributed by atoms with Crippen LogP contribution in [-0.4, -0.2) is 22.7 Å². The van der Waals surface area contributed by atoms with Gasteiger partial charge in [0.2, 0.25) is 0 Å². The van der Waals surface area contributed by atoms with Crippen LogP contribution >= 0.6 is 0 Å². The number of fused-ring (bicyclic) bond motifs is 1. The van der Waals surface area contributed by atoms with E-state index in [2.05, 4.69) is 71.9 Å². The maximum atomic E-state index is 4.53. The van der Waals surface area contributed by atoms with Crippen LogP contribution in [0.2, 0.25) is 0 Å². The quantitative estimate of drug-likeness (QED) is 0.782. The van der Waals surface area contributed by atoms with Gasteiger partial charge in [0.15, 0.2) is 11.6 Å². The topological polar surface area (TPSA) is 32.3 Å². The molecule has 4 nitrogen and oxygen atoms in total. The Hall–Kier alpha value is -2.10. The summed E-state index contributed by atoms with van der Waals surface area (Å²) in [6.07, 6.45) is 3.49. The van der Waals surface area contributed by atoms with Crippen molar-refractivity contribution in [1.82, 2.24) is 9.97 Å². The summed E-state index contributed by atoms with van der Waals surface area (Å²) in [5, 5.41) is 0. The summed E-state index contributed by atoms with van der Waals surface area (Å²) in [7, 11) is 2.06. The minimum Gasteiger partial charge on any atom is -0.334 e. The Balaban J connectivity index is 2.23. The summed E-state index contributed by atoms with van der Waals surface area (Å²) in [6, 6.07) is 8.38. The van der Waals surface area contributed by atoms with Gasteiger partial charge in [-0.3, -0.25) is 4.90 Å². The van der Waals surface area contributed by atoms with Crippen LogP contribution in [0.25, 0.3) is 0 Å². The first-order valence-corrected chi connectivity index (χ1v) is 6.44. The van der Waals surface area contributed by atoms with Crippen molar-refractivity contribution in [2.24, 2.45) is 0 Å². The van der Waals surface area contributed by atoms with Crippen molar-refractivity contribution >= 4 is 17.3 Å². The number of benzene rings is 1. The third kappa shape index (κ3) is 1.59. The Labute approximate surface area is 113 Å². The first-order valence-electron chi connectivity index (χ1n) is 6.44. The third-order valence-electron chi connectivity index (χ3n) is 3.91. The second kappa shape index (κ2) is 3.95. The van der Waals surface area contributed by atoms with Crippen LogP contribution in [0.5, 0.6) is 0 Å². The van der Waals surface area contributed by atoms with Crippen molar-refractivity contribution < 1.29 is 0 Å². The molecule has 0 atom stereocenters. The van der Waals surface area contributed by atoms with Crippen LogP contribution in [0.3, 0.4) is 0 Å². The number of anilines is 3. The summed E-state index contributed by atoms with van der Waals surface area (Å²) in [4.78, 5) is 13.4. The molecule has 0 fully saturated rings. The number of aryl methyl sites for hydroxylation is 1. The van der Waals surface area contributed by atoms with E-state index in [0.717, 1.165) is 11.6 Å². The Kier molecular flexibility index (Phi) is 2.49. The van der Waals surface area contributed by atoms with Gasteiger partial charge >= 0.3 is 0 Å². The summed E-state index contributed by atoms with van der Waals surface area (Å²) in [5.74, 6) is 1.85. The van der Waals surface area contributed by atoms with Gasteiger partial charge in [-0.2, -0.15) is 0 Å². The smallest absolute Gasteiger partial charge is 0.178 e. The van der Waals surface area contributed by atoms with Crippen molar-refractivity contribution in [3.05, 3.63) is 42.2 Å². The minimum atomic E-state index is -0.185. The van der Waals surface area contributed by atoms with Crippen LogP contribution in [0.15, 0.2) is 36.7 Å². The summed E-state index contributed by atoms with van der Waals surface area (Å²) in [6.45, 7) is 6.49. The molecule has 98 valence electrons. The van der Waals surface area contributed by atoms with Gasteiger partial charge in [0.1, 0.15) is 5.66 Å². The molecule has 0 bridgehead atoms. The molecule has 0 saturated heterocycles. The maximum absolute atomic E-state index is 4.53. The average Bonchev–Trinajstić information content (AvgIpc) is 2.59. The Bertz CT molecular complexity index is 621. The second-order valence-electron chi connectivity index (χ2n) is 5.38. The van der Waals surface area contributed by atoms with E-state index in [-0.39, 0.29) is 5.66 Å². The van der Waals surface area contributed by atoms with E-state index in [9.17, 15) is 0 Å². The van der Waals surface area contributed by atoms with Gasteiger partial charge in [-0.1, -0.05) is 18.2 Å². The van der Waals surface area contributed by atoms with Crippen molar-refractivity contribution in [3.63, 3.8) is 0 Å². The lowest BCUT2D eigenvalue weighted by molar-refractivity contribution is 0.517. The normalized spacial score (nSPS) is 16.6. The largest absolute Gasteiger partial charge is 0.334 e. The van der Waals surface area contributed by atoms with E-state index in [4.69, 9.17) is 0 Å². The van der Waals surface area contributed by atoms with Gasteiger partial charge in [0.25, 0.3) is 0 Å². The molecule has 1 aromatic carbocycles. The van der Waals surface area contributed by atoms with Crippen LogP contribution in [0.1, 0.15) is 19.4 Å². The first kappa shape index (κ1) is 12.0. The van der Waals surface area contributed by atoms with Crippen molar-refractivity contribution in [3.8, 4) is 0 Å². The molecule has 2 heterocycles. The summed E-state index contributed by atoms with van der Waals surface area (Å²) < 4.78 is 0. The van der Waals surface area contributed by atoms with Crippen LogP contribution in [0.4, 0.5) is 17.3 Å². The first-order chi connectivity index (χ1) is 9.03. The number of hydrogen-bond donors (Lipinski definition) is 0. The molecule has 0 unspecified atom stereocenters. The lowest BCUT2D eigenvalue weighted by Gasteiger charge is -2.38. The fourth-order valence-corrected chi connectivity index (χ4v) is 2.61. The van der Waals surface area contributed by atoms with E-state index >= 15 is 0 Å². The van der Waals surface area contributed by atoms with Gasteiger partial charge in [0.05, 0.1) is 0 Å². The van der Waals surface area contributed by atoms with Crippen molar-refractivity contribution in [2.45, 2.75) is 26.4 Å². The zero-order chi connectivity index (χ0) is 13.6. The highest BCUT2D eigenvalue weighted by Crippen LogP contribution is 2.46. The van der Waals surface area contributed by atoms with E-state index in [0.29, 0.717) is 0 Å². The Morgan fingerprint density at radius 3 is 2.32 bits per heavy atom. The molecule has 1 aliphatic rings. The summed E-state index contributed by atoms with van der Waals surface area (Å²) >= 11 is 0. The molecule has 2 aromatic rings. The predicted octanol–water partition coefficient (Wildman–Crippen LogP) is 3.11. The molecule has 1 aromatic heterocycles. The lowest BCUT2D eigenvalue weighted by Crippen LogP contribution is -2.49. The van der Waals surface area contributed by atoms with Crippen LogP contribution in [-0.2, 0) is 0 Å². The van der Waals surface area contributed by atoms with Crippen molar-refractivity contribution in [2.75, 3.05) is 16.8 Å². The van der Waals surface area contributed by atoms with E-state index in [1.807, 2.05) is 0 Å². The highest BCUT2D eigenvalue weighted by Gasteiger charge is 2.43. The minimum absolute atomic E-state index is 0.185. The van der Waals surface area contributed by atoms with Gasteiger partial charge in [0, 0.05) is 25.1 Å². The summed E-state index contributed by atoms with van der Waals surface area (Å²) in [5.41, 5.74) is 2.23. The van der Waals surface area contributed by atoms with Gasteiger partial charge in [-0.25, -0.2) is 9.97 Å². The predicted molar refractivity (Wildman–Crippen MR) is 77.8 cm³/mol. The standard InChI is InChI=1S/C15H18N4/c1-11-7-5-6-8-12(11)19-14-13(16-9-10-17-14)18(4)15(19,2)3/h5-10H,1-4H3. The molecule has 0 radical (unpaired) electrons. The number of aromatic nitrogens is 2.